The van der Waals surface area contributed by atoms with Crippen LogP contribution in [-0.2, 0) is 9.53 Å². The summed E-state index contributed by atoms with van der Waals surface area (Å²) in [5.74, 6) is 0.463. The molecule has 2 fully saturated rings. The van der Waals surface area contributed by atoms with Gasteiger partial charge in [0, 0.05) is 19.1 Å². The van der Waals surface area contributed by atoms with Crippen LogP contribution in [0.1, 0.15) is 32.1 Å². The van der Waals surface area contributed by atoms with Crippen molar-refractivity contribution < 1.29 is 9.53 Å². The van der Waals surface area contributed by atoms with Gasteiger partial charge < -0.3 is 15.4 Å². The molecule has 0 radical (unpaired) electrons. The maximum absolute atomic E-state index is 11.8. The van der Waals surface area contributed by atoms with Crippen LogP contribution in [0, 0.1) is 5.92 Å². The van der Waals surface area contributed by atoms with Crippen LogP contribution in [0.25, 0.3) is 0 Å². The molecule has 2 rings (SSSR count). The molecule has 0 aliphatic carbocycles. The number of carbonyl (C=O) groups excluding carboxylic acids is 1. The van der Waals surface area contributed by atoms with Crippen molar-refractivity contribution in [2.24, 2.45) is 5.92 Å². The van der Waals surface area contributed by atoms with E-state index in [1.165, 1.54) is 6.42 Å². The lowest BCUT2D eigenvalue weighted by molar-refractivity contribution is -0.125. The van der Waals surface area contributed by atoms with Crippen LogP contribution in [0.4, 0.5) is 0 Å². The van der Waals surface area contributed by atoms with Crippen molar-refractivity contribution >= 4 is 5.91 Å². The van der Waals surface area contributed by atoms with Gasteiger partial charge >= 0.3 is 0 Å². The van der Waals surface area contributed by atoms with Gasteiger partial charge in [-0.15, -0.1) is 0 Å². The van der Waals surface area contributed by atoms with E-state index in [4.69, 9.17) is 4.74 Å². The van der Waals surface area contributed by atoms with Crippen molar-refractivity contribution in [3.8, 4) is 0 Å². The molecular formula is C12H22N2O2. The van der Waals surface area contributed by atoms with Crippen LogP contribution in [0.3, 0.4) is 0 Å². The molecule has 1 amide bonds. The van der Waals surface area contributed by atoms with Gasteiger partial charge in [-0.25, -0.2) is 0 Å². The van der Waals surface area contributed by atoms with Gasteiger partial charge in [-0.2, -0.15) is 0 Å². The predicted octanol–water partition coefficient (Wildman–Crippen LogP) is 0.671. The second-order valence-electron chi connectivity index (χ2n) is 4.74. The molecule has 16 heavy (non-hydrogen) atoms. The molecule has 4 heteroatoms. The van der Waals surface area contributed by atoms with Crippen molar-refractivity contribution in [2.45, 2.75) is 38.2 Å². The summed E-state index contributed by atoms with van der Waals surface area (Å²) in [5, 5.41) is 6.30. The highest BCUT2D eigenvalue weighted by molar-refractivity contribution is 5.78. The molecule has 0 saturated carbocycles. The fraction of sp³-hybridized carbons (Fsp3) is 0.917. The monoisotopic (exact) mass is 226 g/mol. The van der Waals surface area contributed by atoms with Gasteiger partial charge in [-0.05, 0) is 45.2 Å². The lowest BCUT2D eigenvalue weighted by Crippen LogP contribution is -2.39. The zero-order valence-electron chi connectivity index (χ0n) is 9.84. The Bertz CT molecular complexity index is 221. The average molecular weight is 226 g/mol. The summed E-state index contributed by atoms with van der Waals surface area (Å²) in [7, 11) is 0. The van der Waals surface area contributed by atoms with Crippen LogP contribution >= 0.6 is 0 Å². The Morgan fingerprint density at radius 3 is 2.81 bits per heavy atom. The summed E-state index contributed by atoms with van der Waals surface area (Å²) >= 11 is 0. The minimum atomic E-state index is 0.228. The minimum Gasteiger partial charge on any atom is -0.378 e. The number of amides is 1. The number of carbonyl (C=O) groups is 1. The Labute approximate surface area is 97.1 Å². The third kappa shape index (κ3) is 3.46. The normalized spacial score (nSPS) is 26.9. The molecule has 1 unspecified atom stereocenters. The van der Waals surface area contributed by atoms with E-state index < -0.39 is 0 Å². The van der Waals surface area contributed by atoms with Crippen LogP contribution < -0.4 is 10.6 Å². The zero-order chi connectivity index (χ0) is 11.2. The fourth-order valence-corrected chi connectivity index (χ4v) is 2.46. The summed E-state index contributed by atoms with van der Waals surface area (Å²) in [6.45, 7) is 3.62. The number of ether oxygens (including phenoxy) is 1. The Balaban J connectivity index is 1.59. The number of nitrogens with one attached hydrogen (secondary N) is 2. The fourth-order valence-electron chi connectivity index (χ4n) is 2.46. The molecule has 0 aromatic heterocycles. The van der Waals surface area contributed by atoms with Gasteiger partial charge in [0.25, 0.3) is 0 Å². The third-order valence-electron chi connectivity index (χ3n) is 3.50. The van der Waals surface area contributed by atoms with E-state index in [0.717, 1.165) is 51.9 Å². The molecule has 0 aromatic rings. The van der Waals surface area contributed by atoms with E-state index in [2.05, 4.69) is 10.6 Å². The topological polar surface area (TPSA) is 50.4 Å². The first-order chi connectivity index (χ1) is 7.86. The molecule has 2 heterocycles. The molecule has 4 nitrogen and oxygen atoms in total. The first-order valence-electron chi connectivity index (χ1n) is 6.46. The molecule has 2 aliphatic rings. The molecule has 0 aromatic carbocycles. The van der Waals surface area contributed by atoms with E-state index in [1.54, 1.807) is 0 Å². The average Bonchev–Trinajstić information content (AvgIpc) is 2.83. The highest BCUT2D eigenvalue weighted by atomic mass is 16.5. The number of piperidine rings is 1. The summed E-state index contributed by atoms with van der Waals surface area (Å²) in [6, 6.07) is 0. The smallest absolute Gasteiger partial charge is 0.223 e. The standard InChI is InChI=1S/C12H22N2O2/c15-12(10-3-6-13-7-4-10)14-8-5-11-2-1-9-16-11/h10-11,13H,1-9H2,(H,14,15). The number of hydrogen-bond acceptors (Lipinski definition) is 3. The lowest BCUT2D eigenvalue weighted by Gasteiger charge is -2.22. The molecule has 0 bridgehead atoms. The van der Waals surface area contributed by atoms with Crippen LogP contribution in [0.15, 0.2) is 0 Å². The summed E-state index contributed by atoms with van der Waals surface area (Å²) in [6.07, 6.45) is 5.64. The van der Waals surface area contributed by atoms with E-state index >= 15 is 0 Å². The van der Waals surface area contributed by atoms with Crippen molar-refractivity contribution in [3.63, 3.8) is 0 Å². The van der Waals surface area contributed by atoms with Gasteiger partial charge in [0.15, 0.2) is 0 Å². The quantitative estimate of drug-likeness (QED) is 0.741. The van der Waals surface area contributed by atoms with Gasteiger partial charge in [0.2, 0.25) is 5.91 Å². The largest absolute Gasteiger partial charge is 0.378 e. The molecule has 2 aliphatic heterocycles. The van der Waals surface area contributed by atoms with Gasteiger partial charge in [-0.3, -0.25) is 4.79 Å². The molecular weight excluding hydrogens is 204 g/mol. The van der Waals surface area contributed by atoms with E-state index in [-0.39, 0.29) is 11.8 Å². The van der Waals surface area contributed by atoms with Crippen molar-refractivity contribution in [2.75, 3.05) is 26.2 Å². The molecule has 2 saturated heterocycles. The maximum atomic E-state index is 11.8. The van der Waals surface area contributed by atoms with Crippen LogP contribution in [-0.4, -0.2) is 38.3 Å². The Morgan fingerprint density at radius 1 is 1.31 bits per heavy atom. The highest BCUT2D eigenvalue weighted by Gasteiger charge is 2.21. The Morgan fingerprint density at radius 2 is 2.12 bits per heavy atom. The maximum Gasteiger partial charge on any atom is 0.223 e. The number of hydrogen-bond donors (Lipinski definition) is 2. The van der Waals surface area contributed by atoms with Gasteiger partial charge in [0.1, 0.15) is 0 Å². The summed E-state index contributed by atoms with van der Waals surface area (Å²) in [4.78, 5) is 11.8. The second-order valence-corrected chi connectivity index (χ2v) is 4.74. The highest BCUT2D eigenvalue weighted by Crippen LogP contribution is 2.15. The number of rotatable bonds is 4. The molecule has 1 atom stereocenters. The SMILES string of the molecule is O=C(NCCC1CCCO1)C1CCNCC1. The zero-order valence-corrected chi connectivity index (χ0v) is 9.84. The van der Waals surface area contributed by atoms with Crippen molar-refractivity contribution in [1.82, 2.24) is 10.6 Å². The molecule has 2 N–H and O–H groups in total. The van der Waals surface area contributed by atoms with Gasteiger partial charge in [-0.1, -0.05) is 0 Å². The summed E-state index contributed by atoms with van der Waals surface area (Å²) < 4.78 is 5.52. The first-order valence-corrected chi connectivity index (χ1v) is 6.46. The van der Waals surface area contributed by atoms with Gasteiger partial charge in [0.05, 0.1) is 6.10 Å². The van der Waals surface area contributed by atoms with Crippen molar-refractivity contribution in [3.05, 3.63) is 0 Å². The van der Waals surface area contributed by atoms with Crippen LogP contribution in [0.5, 0.6) is 0 Å². The van der Waals surface area contributed by atoms with Crippen LogP contribution in [0.2, 0.25) is 0 Å². The molecule has 92 valence electrons. The predicted molar refractivity (Wildman–Crippen MR) is 62.2 cm³/mol. The lowest BCUT2D eigenvalue weighted by atomic mass is 9.97. The second kappa shape index (κ2) is 6.21. The minimum absolute atomic E-state index is 0.228. The first kappa shape index (κ1) is 11.9. The summed E-state index contributed by atoms with van der Waals surface area (Å²) in [5.41, 5.74) is 0. The van der Waals surface area contributed by atoms with E-state index in [1.807, 2.05) is 0 Å². The van der Waals surface area contributed by atoms with E-state index in [0.29, 0.717) is 6.10 Å². The van der Waals surface area contributed by atoms with E-state index in [9.17, 15) is 4.79 Å². The Hall–Kier alpha value is -0.610. The van der Waals surface area contributed by atoms with Crippen molar-refractivity contribution in [1.29, 1.82) is 0 Å². The third-order valence-corrected chi connectivity index (χ3v) is 3.50. The Kier molecular flexibility index (Phi) is 4.60. The molecule has 0 spiro atoms.